The molecule has 0 atom stereocenters. The smallest absolute Gasteiger partial charge is 0.345 e. The van der Waals surface area contributed by atoms with Crippen molar-refractivity contribution < 1.29 is 24.5 Å². The van der Waals surface area contributed by atoms with E-state index in [2.05, 4.69) is 4.98 Å². The SMILES string of the molecule is O=C(O)c1cc2c(s1)CCOC21CCN(C(=O)c2cncc(O)c2)CC1. The molecule has 1 saturated heterocycles. The topological polar surface area (TPSA) is 100.0 Å². The van der Waals surface area contributed by atoms with Crippen molar-refractivity contribution in [1.29, 1.82) is 0 Å². The molecule has 4 heterocycles. The van der Waals surface area contributed by atoms with Gasteiger partial charge in [-0.1, -0.05) is 0 Å². The number of fused-ring (bicyclic) bond motifs is 2. The van der Waals surface area contributed by atoms with Crippen molar-refractivity contribution in [3.05, 3.63) is 45.4 Å². The lowest BCUT2D eigenvalue weighted by Crippen LogP contribution is -2.48. The Bertz CT molecular complexity index is 870. The maximum absolute atomic E-state index is 12.6. The average molecular weight is 374 g/mol. The fraction of sp³-hybridized carbons (Fsp3) is 0.389. The van der Waals surface area contributed by atoms with Crippen molar-refractivity contribution >= 4 is 23.2 Å². The van der Waals surface area contributed by atoms with Crippen LogP contribution in [0.25, 0.3) is 0 Å². The Morgan fingerprint density at radius 1 is 1.23 bits per heavy atom. The molecule has 0 saturated carbocycles. The Hall–Kier alpha value is -2.45. The van der Waals surface area contributed by atoms with Crippen molar-refractivity contribution in [2.45, 2.75) is 24.9 Å². The summed E-state index contributed by atoms with van der Waals surface area (Å²) in [5, 5.41) is 18.8. The first-order valence-electron chi connectivity index (χ1n) is 8.42. The molecule has 2 aliphatic heterocycles. The number of ether oxygens (including phenoxy) is 1. The number of hydrogen-bond donors (Lipinski definition) is 2. The molecule has 26 heavy (non-hydrogen) atoms. The third-order valence-electron chi connectivity index (χ3n) is 5.05. The number of amides is 1. The van der Waals surface area contributed by atoms with Crippen LogP contribution in [0.1, 0.15) is 43.3 Å². The first kappa shape index (κ1) is 17.0. The highest BCUT2D eigenvalue weighted by molar-refractivity contribution is 7.14. The molecule has 0 bridgehead atoms. The van der Waals surface area contributed by atoms with E-state index < -0.39 is 11.6 Å². The van der Waals surface area contributed by atoms with Gasteiger partial charge in [0.1, 0.15) is 10.6 Å². The Morgan fingerprint density at radius 2 is 2.00 bits per heavy atom. The molecular weight excluding hydrogens is 356 g/mol. The van der Waals surface area contributed by atoms with Crippen molar-refractivity contribution in [2.24, 2.45) is 0 Å². The van der Waals surface area contributed by atoms with Crippen molar-refractivity contribution in [3.8, 4) is 5.75 Å². The molecule has 1 amide bonds. The van der Waals surface area contributed by atoms with Crippen LogP contribution in [0.15, 0.2) is 24.5 Å². The Labute approximate surface area is 153 Å². The molecule has 2 N–H and O–H groups in total. The van der Waals surface area contributed by atoms with E-state index in [1.54, 1.807) is 11.0 Å². The number of aromatic hydroxyl groups is 1. The molecule has 1 spiro atoms. The third kappa shape index (κ3) is 2.85. The van der Waals surface area contributed by atoms with E-state index in [1.807, 2.05) is 0 Å². The summed E-state index contributed by atoms with van der Waals surface area (Å²) in [6.07, 6.45) is 4.70. The van der Waals surface area contributed by atoms with E-state index in [9.17, 15) is 19.8 Å². The fourth-order valence-electron chi connectivity index (χ4n) is 3.73. The fourth-order valence-corrected chi connectivity index (χ4v) is 4.80. The second kappa shape index (κ2) is 6.37. The number of aromatic carboxylic acids is 1. The summed E-state index contributed by atoms with van der Waals surface area (Å²) in [4.78, 5) is 30.9. The first-order chi connectivity index (χ1) is 12.5. The predicted molar refractivity (Wildman–Crippen MR) is 93.7 cm³/mol. The van der Waals surface area contributed by atoms with E-state index in [4.69, 9.17) is 4.74 Å². The lowest BCUT2D eigenvalue weighted by atomic mass is 9.82. The number of thiophene rings is 1. The zero-order valence-electron chi connectivity index (χ0n) is 14.0. The minimum Gasteiger partial charge on any atom is -0.506 e. The van der Waals surface area contributed by atoms with Crippen LogP contribution in [-0.4, -0.2) is 51.7 Å². The summed E-state index contributed by atoms with van der Waals surface area (Å²) in [6.45, 7) is 1.58. The van der Waals surface area contributed by atoms with Crippen LogP contribution in [0, 0.1) is 0 Å². The summed E-state index contributed by atoms with van der Waals surface area (Å²) in [7, 11) is 0. The van der Waals surface area contributed by atoms with Gasteiger partial charge in [-0.25, -0.2) is 4.79 Å². The molecule has 136 valence electrons. The highest BCUT2D eigenvalue weighted by atomic mass is 32.1. The molecule has 8 heteroatoms. The maximum Gasteiger partial charge on any atom is 0.345 e. The molecule has 0 unspecified atom stereocenters. The number of carbonyl (C=O) groups excluding carboxylic acids is 1. The molecule has 0 aromatic carbocycles. The lowest BCUT2D eigenvalue weighted by Gasteiger charge is -2.44. The van der Waals surface area contributed by atoms with Gasteiger partial charge in [-0.05, 0) is 30.5 Å². The quantitative estimate of drug-likeness (QED) is 0.836. The van der Waals surface area contributed by atoms with Crippen molar-refractivity contribution in [1.82, 2.24) is 9.88 Å². The number of nitrogens with zero attached hydrogens (tertiary/aromatic N) is 2. The number of likely N-dealkylation sites (tertiary alicyclic amines) is 1. The van der Waals surface area contributed by atoms with Gasteiger partial charge in [-0.15, -0.1) is 11.3 Å². The van der Waals surface area contributed by atoms with Gasteiger partial charge in [0.05, 0.1) is 24.0 Å². The minimum atomic E-state index is -0.913. The van der Waals surface area contributed by atoms with Crippen LogP contribution in [0.4, 0.5) is 0 Å². The largest absolute Gasteiger partial charge is 0.506 e. The number of piperidine rings is 1. The highest BCUT2D eigenvalue weighted by Crippen LogP contribution is 2.44. The van der Waals surface area contributed by atoms with Crippen LogP contribution in [0.2, 0.25) is 0 Å². The number of carboxylic acid groups (broad SMARTS) is 1. The lowest BCUT2D eigenvalue weighted by molar-refractivity contribution is -0.0926. The second-order valence-electron chi connectivity index (χ2n) is 6.57. The third-order valence-corrected chi connectivity index (χ3v) is 6.23. The van der Waals surface area contributed by atoms with Crippen molar-refractivity contribution in [2.75, 3.05) is 19.7 Å². The van der Waals surface area contributed by atoms with Crippen LogP contribution in [0.3, 0.4) is 0 Å². The Balaban J connectivity index is 1.54. The summed E-state index contributed by atoms with van der Waals surface area (Å²) >= 11 is 1.32. The molecule has 0 aliphatic carbocycles. The van der Waals surface area contributed by atoms with Crippen LogP contribution >= 0.6 is 11.3 Å². The van der Waals surface area contributed by atoms with E-state index in [0.29, 0.717) is 43.0 Å². The standard InChI is InChI=1S/C18H18N2O5S/c21-12-7-11(9-19-10-12)16(22)20-4-2-18(3-5-20)13-8-15(17(23)24)26-14(13)1-6-25-18/h7-10,21H,1-6H2,(H,23,24). The summed E-state index contributed by atoms with van der Waals surface area (Å²) in [6, 6.07) is 3.14. The number of carboxylic acids is 1. The van der Waals surface area contributed by atoms with Gasteiger partial charge in [0.25, 0.3) is 5.91 Å². The normalized spacial score (nSPS) is 18.5. The highest BCUT2D eigenvalue weighted by Gasteiger charge is 2.43. The van der Waals surface area contributed by atoms with Gasteiger partial charge in [0.2, 0.25) is 0 Å². The number of hydrogen-bond acceptors (Lipinski definition) is 6. The summed E-state index contributed by atoms with van der Waals surface area (Å²) < 4.78 is 6.10. The zero-order chi connectivity index (χ0) is 18.3. The monoisotopic (exact) mass is 374 g/mol. The Morgan fingerprint density at radius 3 is 2.69 bits per heavy atom. The molecule has 4 rings (SSSR count). The predicted octanol–water partition coefficient (Wildman–Crippen LogP) is 2.25. The van der Waals surface area contributed by atoms with Gasteiger partial charge in [-0.3, -0.25) is 9.78 Å². The number of pyridine rings is 1. The number of rotatable bonds is 2. The van der Waals surface area contributed by atoms with Crippen molar-refractivity contribution in [3.63, 3.8) is 0 Å². The second-order valence-corrected chi connectivity index (χ2v) is 7.71. The van der Waals surface area contributed by atoms with Gasteiger partial charge in [-0.2, -0.15) is 0 Å². The maximum atomic E-state index is 12.6. The molecule has 2 aromatic heterocycles. The molecule has 7 nitrogen and oxygen atoms in total. The molecule has 2 aromatic rings. The van der Waals surface area contributed by atoms with E-state index >= 15 is 0 Å². The van der Waals surface area contributed by atoms with E-state index in [-0.39, 0.29) is 11.7 Å². The minimum absolute atomic E-state index is 0.0379. The molecule has 2 aliphatic rings. The molecule has 0 radical (unpaired) electrons. The molecular formula is C18H18N2O5S. The van der Waals surface area contributed by atoms with Crippen LogP contribution < -0.4 is 0 Å². The summed E-state index contributed by atoms with van der Waals surface area (Å²) in [5.74, 6) is -1.12. The number of carbonyl (C=O) groups is 2. The Kier molecular flexibility index (Phi) is 4.16. The van der Waals surface area contributed by atoms with Gasteiger partial charge in [0.15, 0.2) is 0 Å². The first-order valence-corrected chi connectivity index (χ1v) is 9.24. The van der Waals surface area contributed by atoms with Gasteiger partial charge < -0.3 is 19.8 Å². The van der Waals surface area contributed by atoms with Gasteiger partial charge >= 0.3 is 5.97 Å². The van der Waals surface area contributed by atoms with Crippen LogP contribution in [-0.2, 0) is 16.8 Å². The van der Waals surface area contributed by atoms with E-state index in [0.717, 1.165) is 16.9 Å². The number of aromatic nitrogens is 1. The molecule has 1 fully saturated rings. The average Bonchev–Trinajstić information content (AvgIpc) is 3.08. The van der Waals surface area contributed by atoms with Crippen LogP contribution in [0.5, 0.6) is 5.75 Å². The van der Waals surface area contributed by atoms with E-state index in [1.165, 1.54) is 29.8 Å². The summed E-state index contributed by atoms with van der Waals surface area (Å²) in [5.41, 5.74) is 0.818. The zero-order valence-corrected chi connectivity index (χ0v) is 14.8. The van der Waals surface area contributed by atoms with Gasteiger partial charge in [0, 0.05) is 30.6 Å².